The number of nitrogens with zero attached hydrogens (tertiary/aromatic N) is 4. The number of piperazine rings is 1. The number of rotatable bonds is 5. The van der Waals surface area contributed by atoms with Crippen molar-refractivity contribution < 1.29 is 5.11 Å². The monoisotopic (exact) mass is 439 g/mol. The van der Waals surface area contributed by atoms with Crippen molar-refractivity contribution in [1.29, 1.82) is 0 Å². The fourth-order valence-electron chi connectivity index (χ4n) is 3.13. The summed E-state index contributed by atoms with van der Waals surface area (Å²) < 4.78 is 0. The minimum Gasteiger partial charge on any atom is -0.391 e. The van der Waals surface area contributed by atoms with Gasteiger partial charge in [-0.15, -0.1) is 24.0 Å². The Morgan fingerprint density at radius 1 is 1.26 bits per heavy atom. The van der Waals surface area contributed by atoms with Gasteiger partial charge in [-0.2, -0.15) is 0 Å². The van der Waals surface area contributed by atoms with Crippen LogP contribution in [0.3, 0.4) is 0 Å². The molecule has 0 amide bonds. The molecule has 0 aromatic heterocycles. The van der Waals surface area contributed by atoms with Crippen LogP contribution >= 0.6 is 24.0 Å². The van der Waals surface area contributed by atoms with Crippen molar-refractivity contribution in [2.45, 2.75) is 26.4 Å². The zero-order valence-electron chi connectivity index (χ0n) is 14.9. The van der Waals surface area contributed by atoms with Crippen molar-refractivity contribution in [2.75, 3.05) is 66.0 Å². The second-order valence-electron chi connectivity index (χ2n) is 6.79. The van der Waals surface area contributed by atoms with Gasteiger partial charge in [-0.25, -0.2) is 0 Å². The SMILES string of the molecule is CCNC(=NCC(C)CN1CCN(C)CC1)N1CC[C@@H](O)C1.I. The van der Waals surface area contributed by atoms with E-state index in [-0.39, 0.29) is 30.1 Å². The smallest absolute Gasteiger partial charge is 0.194 e. The Labute approximate surface area is 158 Å². The van der Waals surface area contributed by atoms with Crippen LogP contribution in [0.15, 0.2) is 4.99 Å². The van der Waals surface area contributed by atoms with Crippen molar-refractivity contribution in [3.8, 4) is 0 Å². The third-order valence-corrected chi connectivity index (χ3v) is 4.52. The molecule has 2 fully saturated rings. The predicted octanol–water partition coefficient (Wildman–Crippen LogP) is 0.520. The minimum absolute atomic E-state index is 0. The molecule has 2 N–H and O–H groups in total. The number of guanidine groups is 1. The average Bonchev–Trinajstić information content (AvgIpc) is 2.92. The molecule has 23 heavy (non-hydrogen) atoms. The van der Waals surface area contributed by atoms with Gasteiger partial charge in [0.25, 0.3) is 0 Å². The summed E-state index contributed by atoms with van der Waals surface area (Å²) in [6, 6.07) is 0. The first-order chi connectivity index (χ1) is 10.6. The van der Waals surface area contributed by atoms with E-state index in [1.165, 1.54) is 26.2 Å². The van der Waals surface area contributed by atoms with Crippen molar-refractivity contribution in [3.05, 3.63) is 0 Å². The van der Waals surface area contributed by atoms with E-state index in [0.717, 1.165) is 38.6 Å². The summed E-state index contributed by atoms with van der Waals surface area (Å²) in [4.78, 5) is 11.9. The number of aliphatic hydroxyl groups is 1. The van der Waals surface area contributed by atoms with E-state index >= 15 is 0 Å². The third kappa shape index (κ3) is 7.11. The fourth-order valence-corrected chi connectivity index (χ4v) is 3.13. The summed E-state index contributed by atoms with van der Waals surface area (Å²) in [5.41, 5.74) is 0. The third-order valence-electron chi connectivity index (χ3n) is 4.52. The highest BCUT2D eigenvalue weighted by atomic mass is 127. The van der Waals surface area contributed by atoms with Gasteiger partial charge in [-0.1, -0.05) is 6.92 Å². The van der Waals surface area contributed by atoms with Crippen LogP contribution in [0.5, 0.6) is 0 Å². The van der Waals surface area contributed by atoms with Gasteiger partial charge in [-0.3, -0.25) is 4.99 Å². The number of hydrogen-bond donors (Lipinski definition) is 2. The van der Waals surface area contributed by atoms with Crippen molar-refractivity contribution in [2.24, 2.45) is 10.9 Å². The summed E-state index contributed by atoms with van der Waals surface area (Å²) in [6.45, 7) is 13.5. The van der Waals surface area contributed by atoms with Crippen LogP contribution in [0.2, 0.25) is 0 Å². The molecule has 0 saturated carbocycles. The van der Waals surface area contributed by atoms with Gasteiger partial charge in [-0.05, 0) is 26.3 Å². The van der Waals surface area contributed by atoms with Gasteiger partial charge in [0.1, 0.15) is 0 Å². The molecule has 1 unspecified atom stereocenters. The Balaban J connectivity index is 0.00000264. The Hall–Kier alpha value is -0.120. The second-order valence-corrected chi connectivity index (χ2v) is 6.79. The molecule has 6 nitrogen and oxygen atoms in total. The standard InChI is InChI=1S/C16H33N5O.HI/c1-4-17-16(21-6-5-15(22)13-21)18-11-14(2)12-20-9-7-19(3)8-10-20;/h14-15,22H,4-13H2,1-3H3,(H,17,18);1H/t14?,15-;/m1./s1. The molecule has 136 valence electrons. The van der Waals surface area contributed by atoms with Crippen LogP contribution in [0.4, 0.5) is 0 Å². The number of aliphatic hydroxyl groups excluding tert-OH is 1. The molecule has 7 heteroatoms. The summed E-state index contributed by atoms with van der Waals surface area (Å²) in [5, 5.41) is 13.1. The molecule has 2 atom stereocenters. The van der Waals surface area contributed by atoms with Crippen LogP contribution in [0.25, 0.3) is 0 Å². The quantitative estimate of drug-likeness (QED) is 0.372. The molecular formula is C16H34IN5O. The van der Waals surface area contributed by atoms with E-state index in [1.54, 1.807) is 0 Å². The maximum absolute atomic E-state index is 9.70. The first-order valence-corrected chi connectivity index (χ1v) is 8.70. The van der Waals surface area contributed by atoms with E-state index in [1.807, 2.05) is 0 Å². The number of halogens is 1. The lowest BCUT2D eigenvalue weighted by molar-refractivity contribution is 0.140. The maximum Gasteiger partial charge on any atom is 0.194 e. The van der Waals surface area contributed by atoms with E-state index in [2.05, 4.69) is 40.9 Å². The van der Waals surface area contributed by atoms with Crippen molar-refractivity contribution in [1.82, 2.24) is 20.0 Å². The van der Waals surface area contributed by atoms with Crippen LogP contribution in [0, 0.1) is 5.92 Å². The number of hydrogen-bond acceptors (Lipinski definition) is 4. The summed E-state index contributed by atoms with van der Waals surface area (Å²) in [7, 11) is 2.19. The highest BCUT2D eigenvalue weighted by Crippen LogP contribution is 2.10. The molecule has 0 radical (unpaired) electrons. The van der Waals surface area contributed by atoms with Gasteiger partial charge < -0.3 is 25.1 Å². The molecule has 2 aliphatic rings. The topological polar surface area (TPSA) is 54.3 Å². The molecule has 0 aromatic carbocycles. The first-order valence-electron chi connectivity index (χ1n) is 8.70. The normalized spacial score (nSPS) is 25.3. The number of β-amino-alcohol motifs (C(OH)–C–C–N with tert-alkyl or cyclic N) is 1. The van der Waals surface area contributed by atoms with E-state index in [4.69, 9.17) is 4.99 Å². The maximum atomic E-state index is 9.70. The minimum atomic E-state index is -0.202. The molecule has 2 heterocycles. The van der Waals surface area contributed by atoms with Gasteiger partial charge in [0.2, 0.25) is 0 Å². The summed E-state index contributed by atoms with van der Waals surface area (Å²) in [6.07, 6.45) is 0.646. The fraction of sp³-hybridized carbons (Fsp3) is 0.938. The summed E-state index contributed by atoms with van der Waals surface area (Å²) in [5.74, 6) is 1.52. The van der Waals surface area contributed by atoms with E-state index < -0.39 is 0 Å². The zero-order valence-corrected chi connectivity index (χ0v) is 17.2. The van der Waals surface area contributed by atoms with Crippen LogP contribution in [-0.4, -0.2) is 97.8 Å². The van der Waals surface area contributed by atoms with Gasteiger partial charge in [0.15, 0.2) is 5.96 Å². The van der Waals surface area contributed by atoms with Crippen molar-refractivity contribution in [3.63, 3.8) is 0 Å². The van der Waals surface area contributed by atoms with E-state index in [9.17, 15) is 5.11 Å². The lowest BCUT2D eigenvalue weighted by atomic mass is 10.1. The first kappa shape index (κ1) is 20.9. The molecule has 2 saturated heterocycles. The van der Waals surface area contributed by atoms with Crippen molar-refractivity contribution >= 4 is 29.9 Å². The molecule has 0 bridgehead atoms. The second kappa shape index (κ2) is 10.7. The Morgan fingerprint density at radius 2 is 1.96 bits per heavy atom. The molecule has 2 rings (SSSR count). The number of nitrogens with one attached hydrogen (secondary N) is 1. The van der Waals surface area contributed by atoms with Crippen LogP contribution < -0.4 is 5.32 Å². The Morgan fingerprint density at radius 3 is 2.52 bits per heavy atom. The summed E-state index contributed by atoms with van der Waals surface area (Å²) >= 11 is 0. The molecule has 0 aliphatic carbocycles. The van der Waals surface area contributed by atoms with Gasteiger partial charge >= 0.3 is 0 Å². The highest BCUT2D eigenvalue weighted by Gasteiger charge is 2.23. The lowest BCUT2D eigenvalue weighted by Gasteiger charge is -2.33. The van der Waals surface area contributed by atoms with Gasteiger partial charge in [0.05, 0.1) is 6.10 Å². The zero-order chi connectivity index (χ0) is 15.9. The highest BCUT2D eigenvalue weighted by molar-refractivity contribution is 14.0. The number of likely N-dealkylation sites (N-methyl/N-ethyl adjacent to an activating group) is 1. The van der Waals surface area contributed by atoms with E-state index in [0.29, 0.717) is 12.5 Å². The Bertz CT molecular complexity index is 360. The predicted molar refractivity (Wildman–Crippen MR) is 107 cm³/mol. The average molecular weight is 439 g/mol. The number of aliphatic imine (C=N–C) groups is 1. The molecule has 2 aliphatic heterocycles. The molecule has 0 aromatic rings. The van der Waals surface area contributed by atoms with Crippen LogP contribution in [-0.2, 0) is 0 Å². The number of likely N-dealkylation sites (tertiary alicyclic amines) is 1. The lowest BCUT2D eigenvalue weighted by Crippen LogP contribution is -2.46. The molecular weight excluding hydrogens is 405 g/mol. The van der Waals surface area contributed by atoms with Crippen LogP contribution in [0.1, 0.15) is 20.3 Å². The van der Waals surface area contributed by atoms with Gasteiger partial charge in [0, 0.05) is 58.9 Å². The largest absolute Gasteiger partial charge is 0.391 e. The molecule has 0 spiro atoms. The Kier molecular flexibility index (Phi) is 9.72.